The van der Waals surface area contributed by atoms with E-state index in [0.29, 0.717) is 5.92 Å². The number of rotatable bonds is 4. The molecule has 1 atom stereocenters. The van der Waals surface area contributed by atoms with Gasteiger partial charge in [-0.2, -0.15) is 0 Å². The van der Waals surface area contributed by atoms with E-state index in [2.05, 4.69) is 15.0 Å². The van der Waals surface area contributed by atoms with E-state index in [4.69, 9.17) is 0 Å². The van der Waals surface area contributed by atoms with Crippen molar-refractivity contribution in [2.24, 2.45) is 13.0 Å². The topological polar surface area (TPSA) is 63.9 Å². The molecule has 0 spiro atoms. The van der Waals surface area contributed by atoms with Crippen molar-refractivity contribution in [3.63, 3.8) is 0 Å². The van der Waals surface area contributed by atoms with E-state index in [1.165, 1.54) is 11.3 Å². The first-order chi connectivity index (χ1) is 12.2. The first-order valence-corrected chi connectivity index (χ1v) is 9.20. The highest BCUT2D eigenvalue weighted by molar-refractivity contribution is 7.12. The van der Waals surface area contributed by atoms with Crippen molar-refractivity contribution in [1.29, 1.82) is 0 Å². The van der Waals surface area contributed by atoms with Gasteiger partial charge in [0.25, 0.3) is 5.91 Å². The molecule has 0 bridgehead atoms. The largest absolute Gasteiger partial charge is 0.338 e. The highest BCUT2D eigenvalue weighted by atomic mass is 32.1. The van der Waals surface area contributed by atoms with Crippen LogP contribution in [0.25, 0.3) is 11.5 Å². The average molecular weight is 353 g/mol. The van der Waals surface area contributed by atoms with Crippen LogP contribution in [0.2, 0.25) is 0 Å². The first kappa shape index (κ1) is 16.0. The minimum Gasteiger partial charge on any atom is -0.338 e. The van der Waals surface area contributed by atoms with Crippen molar-refractivity contribution >= 4 is 17.2 Å². The summed E-state index contributed by atoms with van der Waals surface area (Å²) in [5, 5.41) is 1.94. The van der Waals surface area contributed by atoms with Crippen LogP contribution in [0, 0.1) is 5.92 Å². The molecule has 3 aromatic rings. The van der Waals surface area contributed by atoms with E-state index in [0.717, 1.165) is 48.0 Å². The number of likely N-dealkylation sites (tertiary alicyclic amines) is 1. The lowest BCUT2D eigenvalue weighted by atomic mass is 10.0. The summed E-state index contributed by atoms with van der Waals surface area (Å²) in [6, 6.07) is 3.81. The number of amides is 1. The highest BCUT2D eigenvalue weighted by Crippen LogP contribution is 2.23. The molecular weight excluding hydrogens is 334 g/mol. The number of imidazole rings is 1. The van der Waals surface area contributed by atoms with Gasteiger partial charge in [-0.15, -0.1) is 11.3 Å². The van der Waals surface area contributed by atoms with Crippen LogP contribution in [0.4, 0.5) is 0 Å². The monoisotopic (exact) mass is 353 g/mol. The quantitative estimate of drug-likeness (QED) is 0.723. The van der Waals surface area contributed by atoms with Crippen LogP contribution in [0.3, 0.4) is 0 Å². The maximum absolute atomic E-state index is 12.4. The molecule has 1 aliphatic rings. The van der Waals surface area contributed by atoms with Crippen LogP contribution >= 0.6 is 11.3 Å². The molecule has 0 N–H and O–H groups in total. The number of carbonyl (C=O) groups excluding carboxylic acids is 1. The summed E-state index contributed by atoms with van der Waals surface area (Å²) in [7, 11) is 1.94. The summed E-state index contributed by atoms with van der Waals surface area (Å²) >= 11 is 1.50. The van der Waals surface area contributed by atoms with E-state index in [-0.39, 0.29) is 5.91 Å². The number of aryl methyl sites for hydroxylation is 1. The molecule has 128 valence electrons. The SMILES string of the molecule is Cn1ccnc1-c1cnc(C[C@@H]2CCN(C(=O)c3cccs3)C2)cn1. The van der Waals surface area contributed by atoms with Crippen LogP contribution in [0.5, 0.6) is 0 Å². The third kappa shape index (κ3) is 3.32. The minimum atomic E-state index is 0.147. The molecule has 0 aromatic carbocycles. The van der Waals surface area contributed by atoms with Gasteiger partial charge in [0.05, 0.1) is 16.8 Å². The summed E-state index contributed by atoms with van der Waals surface area (Å²) in [5.74, 6) is 1.40. The van der Waals surface area contributed by atoms with E-state index in [1.54, 1.807) is 12.4 Å². The van der Waals surface area contributed by atoms with Gasteiger partial charge in [0.1, 0.15) is 5.69 Å². The molecule has 0 aliphatic carbocycles. The Morgan fingerprint density at radius 2 is 2.24 bits per heavy atom. The minimum absolute atomic E-state index is 0.147. The molecule has 6 nitrogen and oxygen atoms in total. The molecule has 1 aliphatic heterocycles. The van der Waals surface area contributed by atoms with Gasteiger partial charge in [-0.25, -0.2) is 9.97 Å². The molecular formula is C18H19N5OS. The zero-order valence-electron chi connectivity index (χ0n) is 14.0. The standard InChI is InChI=1S/C18H19N5OS/c1-22-7-5-19-17(22)15-11-20-14(10-21-15)9-13-4-6-23(12-13)18(24)16-3-2-8-25-16/h2-3,5,7-8,10-11,13H,4,6,9,12H2,1H3/t13-/m0/s1. The van der Waals surface area contributed by atoms with Crippen LogP contribution < -0.4 is 0 Å². The highest BCUT2D eigenvalue weighted by Gasteiger charge is 2.27. The Bertz CT molecular complexity index is 856. The van der Waals surface area contributed by atoms with Gasteiger partial charge in [-0.3, -0.25) is 9.78 Å². The lowest BCUT2D eigenvalue weighted by Crippen LogP contribution is -2.28. The lowest BCUT2D eigenvalue weighted by Gasteiger charge is -2.15. The molecule has 0 unspecified atom stereocenters. The zero-order valence-corrected chi connectivity index (χ0v) is 14.8. The Balaban J connectivity index is 1.38. The molecule has 1 fully saturated rings. The summed E-state index contributed by atoms with van der Waals surface area (Å²) in [5.41, 5.74) is 1.74. The summed E-state index contributed by atoms with van der Waals surface area (Å²) in [6.45, 7) is 1.61. The molecule has 1 amide bonds. The fourth-order valence-electron chi connectivity index (χ4n) is 3.22. The van der Waals surface area contributed by atoms with Crippen molar-refractivity contribution < 1.29 is 4.79 Å². The number of hydrogen-bond donors (Lipinski definition) is 0. The smallest absolute Gasteiger partial charge is 0.263 e. The fraction of sp³-hybridized carbons (Fsp3) is 0.333. The zero-order chi connectivity index (χ0) is 17.2. The molecule has 4 rings (SSSR count). The molecule has 0 radical (unpaired) electrons. The third-order valence-electron chi connectivity index (χ3n) is 4.56. The van der Waals surface area contributed by atoms with E-state index in [1.807, 2.05) is 46.4 Å². The van der Waals surface area contributed by atoms with E-state index >= 15 is 0 Å². The maximum Gasteiger partial charge on any atom is 0.263 e. The van der Waals surface area contributed by atoms with Crippen molar-refractivity contribution in [2.45, 2.75) is 12.8 Å². The Labute approximate surface area is 150 Å². The molecule has 0 saturated carbocycles. The first-order valence-electron chi connectivity index (χ1n) is 8.32. The molecule has 25 heavy (non-hydrogen) atoms. The predicted molar refractivity (Wildman–Crippen MR) is 96.3 cm³/mol. The third-order valence-corrected chi connectivity index (χ3v) is 5.42. The van der Waals surface area contributed by atoms with Gasteiger partial charge in [-0.1, -0.05) is 6.07 Å². The summed E-state index contributed by atoms with van der Waals surface area (Å²) in [6.07, 6.45) is 9.11. The van der Waals surface area contributed by atoms with Crippen LogP contribution in [-0.2, 0) is 13.5 Å². The van der Waals surface area contributed by atoms with Crippen molar-refractivity contribution in [3.05, 3.63) is 52.9 Å². The second kappa shape index (κ2) is 6.76. The van der Waals surface area contributed by atoms with Crippen LogP contribution in [-0.4, -0.2) is 43.4 Å². The Kier molecular flexibility index (Phi) is 4.31. The predicted octanol–water partition coefficient (Wildman–Crippen LogP) is 2.64. The normalized spacial score (nSPS) is 17.2. The Morgan fingerprint density at radius 1 is 1.32 bits per heavy atom. The molecule has 4 heterocycles. The van der Waals surface area contributed by atoms with Crippen LogP contribution in [0.15, 0.2) is 42.3 Å². The second-order valence-electron chi connectivity index (χ2n) is 6.34. The number of carbonyl (C=O) groups is 1. The average Bonchev–Trinajstić information content (AvgIpc) is 3.37. The van der Waals surface area contributed by atoms with Crippen molar-refractivity contribution in [1.82, 2.24) is 24.4 Å². The number of thiophene rings is 1. The fourth-order valence-corrected chi connectivity index (χ4v) is 3.91. The van der Waals surface area contributed by atoms with E-state index < -0.39 is 0 Å². The molecule has 7 heteroatoms. The van der Waals surface area contributed by atoms with Gasteiger partial charge < -0.3 is 9.47 Å². The van der Waals surface area contributed by atoms with Crippen molar-refractivity contribution in [2.75, 3.05) is 13.1 Å². The maximum atomic E-state index is 12.4. The number of hydrogen-bond acceptors (Lipinski definition) is 5. The molecule has 3 aromatic heterocycles. The van der Waals surface area contributed by atoms with Gasteiger partial charge >= 0.3 is 0 Å². The Hall–Kier alpha value is -2.54. The summed E-state index contributed by atoms with van der Waals surface area (Å²) in [4.78, 5) is 28.5. The molecule has 1 saturated heterocycles. The van der Waals surface area contributed by atoms with Gasteiger partial charge in [0.15, 0.2) is 5.82 Å². The lowest BCUT2D eigenvalue weighted by molar-refractivity contribution is 0.0792. The van der Waals surface area contributed by atoms with Gasteiger partial charge in [0, 0.05) is 38.7 Å². The number of aromatic nitrogens is 4. The Morgan fingerprint density at radius 3 is 2.92 bits per heavy atom. The van der Waals surface area contributed by atoms with Gasteiger partial charge in [0.2, 0.25) is 0 Å². The number of nitrogens with zero attached hydrogens (tertiary/aromatic N) is 5. The van der Waals surface area contributed by atoms with Gasteiger partial charge in [-0.05, 0) is 30.2 Å². The van der Waals surface area contributed by atoms with E-state index in [9.17, 15) is 4.79 Å². The van der Waals surface area contributed by atoms with Crippen LogP contribution in [0.1, 0.15) is 21.8 Å². The second-order valence-corrected chi connectivity index (χ2v) is 7.29. The summed E-state index contributed by atoms with van der Waals surface area (Å²) < 4.78 is 1.93. The van der Waals surface area contributed by atoms with Crippen molar-refractivity contribution in [3.8, 4) is 11.5 Å².